The van der Waals surface area contributed by atoms with Crippen LogP contribution in [-0.4, -0.2) is 44.8 Å². The molecule has 0 heterocycles. The van der Waals surface area contributed by atoms with E-state index in [9.17, 15) is 0 Å². The van der Waals surface area contributed by atoms with Gasteiger partial charge in [-0.2, -0.15) is 39.3 Å². The maximum Gasteiger partial charge on any atom is 3.00 e. The van der Waals surface area contributed by atoms with Gasteiger partial charge in [-0.1, -0.05) is 41.5 Å². The zero-order valence-electron chi connectivity index (χ0n) is 16.1. The van der Waals surface area contributed by atoms with Crippen molar-refractivity contribution in [1.29, 1.82) is 0 Å². The van der Waals surface area contributed by atoms with Crippen molar-refractivity contribution in [2.24, 2.45) is 5.73 Å². The molecule has 0 rings (SSSR count). The van der Waals surface area contributed by atoms with Gasteiger partial charge in [0, 0.05) is 5.54 Å². The molecule has 21 heavy (non-hydrogen) atoms. The fourth-order valence-corrected chi connectivity index (χ4v) is 0.671. The molecule has 0 aromatic rings. The molecule has 0 radical (unpaired) electrons. The van der Waals surface area contributed by atoms with E-state index in [4.69, 9.17) is 5.73 Å². The molecular weight excluding hydrogens is 341 g/mol. The van der Waals surface area contributed by atoms with Crippen LogP contribution in [0.3, 0.4) is 0 Å². The zero-order valence-corrected chi connectivity index (χ0v) is 18.3. The Morgan fingerprint density at radius 1 is 0.571 bits per heavy atom. The third kappa shape index (κ3) is 164. The molecule has 0 atom stereocenters. The van der Waals surface area contributed by atoms with Crippen LogP contribution in [-0.2, 0) is 22.4 Å². The molecule has 5 heteroatoms. The minimum absolute atomic E-state index is 0. The summed E-state index contributed by atoms with van der Waals surface area (Å²) in [7, 11) is 0. The van der Waals surface area contributed by atoms with Gasteiger partial charge in [-0.25, -0.2) is 0 Å². The van der Waals surface area contributed by atoms with Gasteiger partial charge in [0.15, 0.2) is 0 Å². The Hall–Kier alpha value is 0.580. The Morgan fingerprint density at radius 2 is 0.667 bits per heavy atom. The zero-order chi connectivity index (χ0) is 16.9. The SMILES string of the molecule is CC(C)(C)N.CC[N-]CC.CC[N-]CC.CC[N-]CC.[Nb+3]. The van der Waals surface area contributed by atoms with Crippen molar-refractivity contribution in [3.05, 3.63) is 16.0 Å². The second-order valence-corrected chi connectivity index (χ2v) is 4.93. The first-order valence-electron chi connectivity index (χ1n) is 7.93. The third-order valence-corrected chi connectivity index (χ3v) is 1.34. The molecule has 0 aliphatic rings. The summed E-state index contributed by atoms with van der Waals surface area (Å²) < 4.78 is 0. The number of hydrogen-bond donors (Lipinski definition) is 1. The maximum atomic E-state index is 5.35. The monoisotopic (exact) mass is 382 g/mol. The number of rotatable bonds is 6. The van der Waals surface area contributed by atoms with Gasteiger partial charge in [0.2, 0.25) is 0 Å². The Kier molecular flexibility index (Phi) is 51.5. The van der Waals surface area contributed by atoms with E-state index in [1.54, 1.807) is 0 Å². The van der Waals surface area contributed by atoms with Crippen molar-refractivity contribution < 1.29 is 22.4 Å². The standard InChI is InChI=1S/C4H11N.3C4H10N.Nb/c1-4(2,3)5;3*1-3-5-4-2;/h5H2,1-3H3;3*3-4H2,1-2H3;/q;3*-1;+3. The Bertz CT molecular complexity index is 102. The smallest absolute Gasteiger partial charge is 0.663 e. The molecule has 0 amide bonds. The van der Waals surface area contributed by atoms with E-state index < -0.39 is 0 Å². The van der Waals surface area contributed by atoms with Gasteiger partial charge in [-0.15, -0.1) is 0 Å². The molecule has 0 aromatic heterocycles. The molecule has 0 aromatic carbocycles. The number of hydrogen-bond acceptors (Lipinski definition) is 1. The first kappa shape index (κ1) is 33.2. The quantitative estimate of drug-likeness (QED) is 0.650. The summed E-state index contributed by atoms with van der Waals surface area (Å²) in [5.74, 6) is 0. The van der Waals surface area contributed by atoms with Gasteiger partial charge in [-0.3, -0.25) is 0 Å². The molecule has 130 valence electrons. The van der Waals surface area contributed by atoms with Crippen LogP contribution >= 0.6 is 0 Å². The van der Waals surface area contributed by atoms with Crippen LogP contribution in [0, 0.1) is 0 Å². The van der Waals surface area contributed by atoms with Crippen LogP contribution in [0.2, 0.25) is 0 Å². The van der Waals surface area contributed by atoms with Crippen molar-refractivity contribution >= 4 is 0 Å². The van der Waals surface area contributed by atoms with E-state index in [1.165, 1.54) is 0 Å². The summed E-state index contributed by atoms with van der Waals surface area (Å²) in [5, 5.41) is 11.9. The second kappa shape index (κ2) is 32.5. The molecule has 0 unspecified atom stereocenters. The van der Waals surface area contributed by atoms with Crippen LogP contribution in [0.25, 0.3) is 16.0 Å². The number of nitrogens with two attached hydrogens (primary N) is 1. The van der Waals surface area contributed by atoms with Crippen LogP contribution in [0.5, 0.6) is 0 Å². The molecule has 0 fully saturated rings. The summed E-state index contributed by atoms with van der Waals surface area (Å²) >= 11 is 0. The summed E-state index contributed by atoms with van der Waals surface area (Å²) in [6.07, 6.45) is 0. The molecule has 0 aliphatic carbocycles. The molecule has 4 nitrogen and oxygen atoms in total. The fourth-order valence-electron chi connectivity index (χ4n) is 0.671. The molecule has 0 saturated heterocycles. The average molecular weight is 382 g/mol. The van der Waals surface area contributed by atoms with Crippen LogP contribution in [0.4, 0.5) is 0 Å². The van der Waals surface area contributed by atoms with Gasteiger partial charge in [0.1, 0.15) is 0 Å². The van der Waals surface area contributed by atoms with Gasteiger partial charge in [0.05, 0.1) is 0 Å². The predicted octanol–water partition coefficient (Wildman–Crippen LogP) is 4.94. The van der Waals surface area contributed by atoms with Crippen LogP contribution in [0.15, 0.2) is 0 Å². The van der Waals surface area contributed by atoms with Crippen molar-refractivity contribution in [3.8, 4) is 0 Å². The Labute approximate surface area is 151 Å². The van der Waals surface area contributed by atoms with Crippen molar-refractivity contribution in [2.45, 2.75) is 67.9 Å². The third-order valence-electron chi connectivity index (χ3n) is 1.34. The van der Waals surface area contributed by atoms with E-state index in [-0.39, 0.29) is 27.9 Å². The van der Waals surface area contributed by atoms with Gasteiger partial charge < -0.3 is 21.7 Å². The van der Waals surface area contributed by atoms with E-state index in [0.717, 1.165) is 39.3 Å². The largest absolute Gasteiger partial charge is 3.00 e. The minimum atomic E-state index is 0. The second-order valence-electron chi connectivity index (χ2n) is 4.93. The van der Waals surface area contributed by atoms with E-state index in [1.807, 2.05) is 62.3 Å². The summed E-state index contributed by atoms with van der Waals surface area (Å²) in [6, 6.07) is 0. The van der Waals surface area contributed by atoms with Crippen LogP contribution < -0.4 is 5.73 Å². The Morgan fingerprint density at radius 3 is 0.667 bits per heavy atom. The predicted molar refractivity (Wildman–Crippen MR) is 97.3 cm³/mol. The molecular formula is C16H41N4Nb. The van der Waals surface area contributed by atoms with Crippen LogP contribution in [0.1, 0.15) is 62.3 Å². The normalized spacial score (nSPS) is 8.86. The van der Waals surface area contributed by atoms with Crippen molar-refractivity contribution in [1.82, 2.24) is 0 Å². The Balaban J connectivity index is -0.0000000533. The molecule has 0 aliphatic heterocycles. The van der Waals surface area contributed by atoms with Crippen molar-refractivity contribution in [2.75, 3.05) is 39.3 Å². The van der Waals surface area contributed by atoms with Gasteiger partial charge in [-0.05, 0) is 20.8 Å². The van der Waals surface area contributed by atoms with E-state index in [2.05, 4.69) is 16.0 Å². The number of nitrogens with zero attached hydrogens (tertiary/aromatic N) is 3. The summed E-state index contributed by atoms with van der Waals surface area (Å²) in [5.41, 5.74) is 5.35. The van der Waals surface area contributed by atoms with E-state index >= 15 is 0 Å². The van der Waals surface area contributed by atoms with Crippen molar-refractivity contribution in [3.63, 3.8) is 0 Å². The summed E-state index contributed by atoms with van der Waals surface area (Å²) in [4.78, 5) is 0. The molecule has 0 bridgehead atoms. The average Bonchev–Trinajstić information content (AvgIpc) is 2.31. The van der Waals surface area contributed by atoms with E-state index in [0.29, 0.717) is 0 Å². The molecule has 0 saturated carbocycles. The molecule has 2 N–H and O–H groups in total. The molecule has 0 spiro atoms. The topological polar surface area (TPSA) is 68.3 Å². The summed E-state index contributed by atoms with van der Waals surface area (Å²) in [6.45, 7) is 24.0. The minimum Gasteiger partial charge on any atom is -0.663 e. The first-order valence-corrected chi connectivity index (χ1v) is 7.93. The first-order chi connectivity index (χ1) is 9.24. The van der Waals surface area contributed by atoms with Gasteiger partial charge >= 0.3 is 22.4 Å². The fraction of sp³-hybridized carbons (Fsp3) is 1.00. The maximum absolute atomic E-state index is 5.35. The van der Waals surface area contributed by atoms with Gasteiger partial charge in [0.25, 0.3) is 0 Å².